The van der Waals surface area contributed by atoms with Gasteiger partial charge in [0.05, 0.1) is 0 Å². The van der Waals surface area contributed by atoms with Gasteiger partial charge in [0.2, 0.25) is 0 Å². The van der Waals surface area contributed by atoms with Crippen molar-refractivity contribution in [3.05, 3.63) is 12.7 Å². The molecule has 2 nitrogen and oxygen atoms in total. The Balaban J connectivity index is 3.83. The van der Waals surface area contributed by atoms with Crippen molar-refractivity contribution in [3.8, 4) is 0 Å². The number of alkyl halides is 1. The molecule has 0 fully saturated rings. The summed E-state index contributed by atoms with van der Waals surface area (Å²) in [5.41, 5.74) is -0.355. The third-order valence-electron chi connectivity index (χ3n) is 2.34. The lowest BCUT2D eigenvalue weighted by molar-refractivity contribution is -0.153. The van der Waals surface area contributed by atoms with Crippen LogP contribution in [-0.2, 0) is 9.53 Å². The van der Waals surface area contributed by atoms with Crippen molar-refractivity contribution in [1.29, 1.82) is 0 Å². The van der Waals surface area contributed by atoms with Crippen LogP contribution in [0.25, 0.3) is 0 Å². The van der Waals surface area contributed by atoms with Crippen LogP contribution in [0, 0.1) is 5.92 Å². The molecule has 0 aromatic heterocycles. The van der Waals surface area contributed by atoms with Crippen LogP contribution in [0.1, 0.15) is 40.0 Å². The average Bonchev–Trinajstić information content (AvgIpc) is 2.16. The van der Waals surface area contributed by atoms with Gasteiger partial charge in [-0.15, -0.1) is 6.58 Å². The van der Waals surface area contributed by atoms with Gasteiger partial charge < -0.3 is 4.74 Å². The molecule has 0 radical (unpaired) electrons. The first-order valence-electron chi connectivity index (χ1n) is 5.31. The van der Waals surface area contributed by atoms with Gasteiger partial charge in [-0.25, -0.2) is 0 Å². The molecule has 0 amide bonds. The van der Waals surface area contributed by atoms with E-state index in [9.17, 15) is 4.79 Å². The summed E-state index contributed by atoms with van der Waals surface area (Å²) in [6.07, 6.45) is 5.00. The first-order valence-corrected chi connectivity index (χ1v) is 6.44. The van der Waals surface area contributed by atoms with Crippen LogP contribution in [0.2, 0.25) is 0 Å². The fourth-order valence-electron chi connectivity index (χ4n) is 1.35. The summed E-state index contributed by atoms with van der Waals surface area (Å²) < 4.78 is 5.29. The largest absolute Gasteiger partial charge is 0.459 e. The molecular weight excluding hydrogens is 256 g/mol. The highest BCUT2D eigenvalue weighted by Gasteiger charge is 2.21. The van der Waals surface area contributed by atoms with Gasteiger partial charge in [0.1, 0.15) is 10.9 Å². The predicted molar refractivity (Wildman–Crippen MR) is 67.2 cm³/mol. The number of allylic oxidation sites excluding steroid dienone is 1. The number of hydrogen-bond acceptors (Lipinski definition) is 2. The van der Waals surface area contributed by atoms with Crippen molar-refractivity contribution in [2.75, 3.05) is 5.33 Å². The molecule has 0 saturated heterocycles. The SMILES string of the molecule is C=CC(C)CCCC(C)(C)OC(=O)CBr. The maximum absolute atomic E-state index is 11.1. The molecular formula is C12H21BrO2. The highest BCUT2D eigenvalue weighted by atomic mass is 79.9. The highest BCUT2D eigenvalue weighted by molar-refractivity contribution is 9.09. The second-order valence-electron chi connectivity index (χ2n) is 4.47. The van der Waals surface area contributed by atoms with Gasteiger partial charge >= 0.3 is 5.97 Å². The highest BCUT2D eigenvalue weighted by Crippen LogP contribution is 2.20. The van der Waals surface area contributed by atoms with Crippen molar-refractivity contribution >= 4 is 21.9 Å². The maximum atomic E-state index is 11.1. The van der Waals surface area contributed by atoms with Crippen LogP contribution >= 0.6 is 15.9 Å². The number of halogens is 1. The quantitative estimate of drug-likeness (QED) is 0.403. The molecule has 0 aromatic carbocycles. The van der Waals surface area contributed by atoms with E-state index in [2.05, 4.69) is 29.4 Å². The van der Waals surface area contributed by atoms with Crippen LogP contribution in [0.3, 0.4) is 0 Å². The Kier molecular flexibility index (Phi) is 6.90. The standard InChI is InChI=1S/C12H21BrO2/c1-5-10(2)7-6-8-12(3,4)15-11(14)9-13/h5,10H,1,6-9H2,2-4H3. The fraction of sp³-hybridized carbons (Fsp3) is 0.750. The number of carbonyl (C=O) groups is 1. The molecule has 1 atom stereocenters. The summed E-state index contributed by atoms with van der Waals surface area (Å²) in [5, 5.41) is 0.263. The maximum Gasteiger partial charge on any atom is 0.317 e. The zero-order chi connectivity index (χ0) is 11.9. The molecule has 0 bridgehead atoms. The minimum absolute atomic E-state index is 0.197. The number of carbonyl (C=O) groups excluding carboxylic acids is 1. The number of esters is 1. The Hall–Kier alpha value is -0.310. The second-order valence-corrected chi connectivity index (χ2v) is 5.03. The van der Waals surface area contributed by atoms with Crippen LogP contribution < -0.4 is 0 Å². The Morgan fingerprint density at radius 3 is 2.67 bits per heavy atom. The molecule has 0 aliphatic heterocycles. The molecule has 88 valence electrons. The van der Waals surface area contributed by atoms with Gasteiger partial charge in [-0.3, -0.25) is 4.79 Å². The van der Waals surface area contributed by atoms with Crippen molar-refractivity contribution in [3.63, 3.8) is 0 Å². The van der Waals surface area contributed by atoms with Crippen LogP contribution in [-0.4, -0.2) is 16.9 Å². The summed E-state index contributed by atoms with van der Waals surface area (Å²) in [5.74, 6) is 0.337. The van der Waals surface area contributed by atoms with Gasteiger partial charge in [0, 0.05) is 0 Å². The molecule has 0 spiro atoms. The van der Waals surface area contributed by atoms with E-state index < -0.39 is 0 Å². The third-order valence-corrected chi connectivity index (χ3v) is 2.80. The van der Waals surface area contributed by atoms with Crippen molar-refractivity contribution in [2.45, 2.75) is 45.6 Å². The molecule has 0 aromatic rings. The smallest absolute Gasteiger partial charge is 0.317 e. The monoisotopic (exact) mass is 276 g/mol. The Bertz CT molecular complexity index is 212. The van der Waals surface area contributed by atoms with Gasteiger partial charge in [-0.05, 0) is 39.0 Å². The lowest BCUT2D eigenvalue weighted by Gasteiger charge is -2.25. The van der Waals surface area contributed by atoms with E-state index in [-0.39, 0.29) is 16.9 Å². The lowest BCUT2D eigenvalue weighted by Crippen LogP contribution is -2.28. The number of hydrogen-bond donors (Lipinski definition) is 0. The number of rotatable bonds is 7. The summed E-state index contributed by atoms with van der Waals surface area (Å²) in [6.45, 7) is 9.79. The fourth-order valence-corrected chi connectivity index (χ4v) is 1.47. The second kappa shape index (κ2) is 7.04. The molecule has 0 saturated carbocycles. The molecule has 3 heteroatoms. The van der Waals surface area contributed by atoms with E-state index in [1.165, 1.54) is 0 Å². The van der Waals surface area contributed by atoms with E-state index in [0.717, 1.165) is 19.3 Å². The normalized spacial score (nSPS) is 13.3. The Morgan fingerprint density at radius 2 is 2.20 bits per heavy atom. The molecule has 1 unspecified atom stereocenters. The van der Waals surface area contributed by atoms with Crippen LogP contribution in [0.5, 0.6) is 0 Å². The Labute approximate surface area is 101 Å². The van der Waals surface area contributed by atoms with E-state index in [0.29, 0.717) is 5.92 Å². The third kappa shape index (κ3) is 7.60. The molecule has 0 N–H and O–H groups in total. The first-order chi connectivity index (χ1) is 6.91. The molecule has 0 aliphatic carbocycles. The molecule has 0 aliphatic rings. The molecule has 15 heavy (non-hydrogen) atoms. The summed E-state index contributed by atoms with van der Waals surface area (Å²) in [6, 6.07) is 0. The predicted octanol–water partition coefficient (Wildman–Crippen LogP) is 3.70. The van der Waals surface area contributed by atoms with E-state index in [1.54, 1.807) is 0 Å². The van der Waals surface area contributed by atoms with Crippen LogP contribution in [0.4, 0.5) is 0 Å². The summed E-state index contributed by atoms with van der Waals surface area (Å²) in [7, 11) is 0. The summed E-state index contributed by atoms with van der Waals surface area (Å²) >= 11 is 3.08. The van der Waals surface area contributed by atoms with Crippen molar-refractivity contribution in [2.24, 2.45) is 5.92 Å². The molecule has 0 rings (SSSR count). The molecule has 0 heterocycles. The summed E-state index contributed by atoms with van der Waals surface area (Å²) in [4.78, 5) is 11.1. The number of ether oxygens (including phenoxy) is 1. The first kappa shape index (κ1) is 14.7. The van der Waals surface area contributed by atoms with Gasteiger partial charge in [0.25, 0.3) is 0 Å². The van der Waals surface area contributed by atoms with Gasteiger partial charge in [0.15, 0.2) is 0 Å². The van der Waals surface area contributed by atoms with Gasteiger partial charge in [-0.1, -0.05) is 28.9 Å². The zero-order valence-electron chi connectivity index (χ0n) is 9.88. The topological polar surface area (TPSA) is 26.3 Å². The van der Waals surface area contributed by atoms with Crippen LogP contribution in [0.15, 0.2) is 12.7 Å². The zero-order valence-corrected chi connectivity index (χ0v) is 11.5. The minimum Gasteiger partial charge on any atom is -0.459 e. The Morgan fingerprint density at radius 1 is 1.60 bits per heavy atom. The average molecular weight is 277 g/mol. The minimum atomic E-state index is -0.355. The van der Waals surface area contributed by atoms with E-state index in [1.807, 2.05) is 19.9 Å². The van der Waals surface area contributed by atoms with Crippen molar-refractivity contribution < 1.29 is 9.53 Å². The van der Waals surface area contributed by atoms with E-state index in [4.69, 9.17) is 4.74 Å². The lowest BCUT2D eigenvalue weighted by atomic mass is 9.97. The van der Waals surface area contributed by atoms with Gasteiger partial charge in [-0.2, -0.15) is 0 Å². The van der Waals surface area contributed by atoms with E-state index >= 15 is 0 Å². The van der Waals surface area contributed by atoms with Crippen molar-refractivity contribution in [1.82, 2.24) is 0 Å².